The van der Waals surface area contributed by atoms with Crippen molar-refractivity contribution >= 4 is 23.3 Å². The smallest absolute Gasteiger partial charge is 0.322 e. The van der Waals surface area contributed by atoms with Crippen molar-refractivity contribution in [2.24, 2.45) is 0 Å². The lowest BCUT2D eigenvalue weighted by atomic mass is 10.0. The van der Waals surface area contributed by atoms with E-state index >= 15 is 0 Å². The van der Waals surface area contributed by atoms with Gasteiger partial charge in [-0.2, -0.15) is 0 Å². The summed E-state index contributed by atoms with van der Waals surface area (Å²) in [4.78, 5) is 33.4. The topological polar surface area (TPSA) is 90.1 Å². The van der Waals surface area contributed by atoms with E-state index in [9.17, 15) is 9.59 Å². The molecule has 25 heavy (non-hydrogen) atoms. The van der Waals surface area contributed by atoms with Gasteiger partial charge in [-0.25, -0.2) is 9.78 Å². The molecule has 3 amide bonds. The van der Waals surface area contributed by atoms with Crippen molar-refractivity contribution in [1.29, 1.82) is 0 Å². The van der Waals surface area contributed by atoms with Crippen LogP contribution in [-0.4, -0.2) is 33.4 Å². The third-order valence-corrected chi connectivity index (χ3v) is 4.48. The van der Waals surface area contributed by atoms with E-state index in [2.05, 4.69) is 20.6 Å². The van der Waals surface area contributed by atoms with E-state index in [1.165, 1.54) is 6.92 Å². The zero-order chi connectivity index (χ0) is 17.8. The predicted molar refractivity (Wildman–Crippen MR) is 96.4 cm³/mol. The number of anilines is 2. The van der Waals surface area contributed by atoms with Crippen molar-refractivity contribution in [3.8, 4) is 0 Å². The first-order chi connectivity index (χ1) is 12.1. The van der Waals surface area contributed by atoms with Crippen LogP contribution in [0, 0.1) is 6.92 Å². The number of H-pyrrole nitrogens is 1. The quantitative estimate of drug-likeness (QED) is 0.799. The Labute approximate surface area is 146 Å². The predicted octanol–water partition coefficient (Wildman–Crippen LogP) is 3.44. The Bertz CT molecular complexity index is 757. The summed E-state index contributed by atoms with van der Waals surface area (Å²) in [7, 11) is 0. The molecule has 0 spiro atoms. The van der Waals surface area contributed by atoms with Crippen LogP contribution in [0.2, 0.25) is 0 Å². The molecule has 1 fully saturated rings. The van der Waals surface area contributed by atoms with Crippen molar-refractivity contribution in [1.82, 2.24) is 14.9 Å². The number of rotatable bonds is 3. The highest BCUT2D eigenvalue weighted by molar-refractivity contribution is 5.94. The Morgan fingerprint density at radius 3 is 2.68 bits per heavy atom. The van der Waals surface area contributed by atoms with Gasteiger partial charge in [-0.1, -0.05) is 6.07 Å². The Hall–Kier alpha value is -2.83. The number of amides is 3. The van der Waals surface area contributed by atoms with Crippen molar-refractivity contribution in [3.63, 3.8) is 0 Å². The van der Waals surface area contributed by atoms with E-state index in [1.807, 2.05) is 30.0 Å². The van der Waals surface area contributed by atoms with Gasteiger partial charge in [-0.3, -0.25) is 4.79 Å². The third-order valence-electron chi connectivity index (χ3n) is 4.48. The first-order valence-corrected chi connectivity index (χ1v) is 8.50. The molecule has 0 radical (unpaired) electrons. The van der Waals surface area contributed by atoms with Gasteiger partial charge < -0.3 is 20.5 Å². The van der Waals surface area contributed by atoms with Gasteiger partial charge >= 0.3 is 6.03 Å². The summed E-state index contributed by atoms with van der Waals surface area (Å²) in [5.41, 5.74) is 2.23. The monoisotopic (exact) mass is 341 g/mol. The van der Waals surface area contributed by atoms with Crippen LogP contribution < -0.4 is 10.6 Å². The number of aromatic amines is 1. The van der Waals surface area contributed by atoms with Crippen LogP contribution >= 0.6 is 0 Å². The molecule has 0 bridgehead atoms. The number of hydrogen-bond acceptors (Lipinski definition) is 3. The van der Waals surface area contributed by atoms with Crippen molar-refractivity contribution in [2.75, 3.05) is 17.2 Å². The summed E-state index contributed by atoms with van der Waals surface area (Å²) in [5.74, 6) is 0.680. The molecule has 2 aromatic rings. The summed E-state index contributed by atoms with van der Waals surface area (Å²) in [5, 5.41) is 5.76. The molecule has 1 aromatic heterocycles. The fourth-order valence-corrected chi connectivity index (χ4v) is 3.20. The number of piperidine rings is 1. The van der Waals surface area contributed by atoms with Crippen LogP contribution in [0.15, 0.2) is 30.6 Å². The van der Waals surface area contributed by atoms with Gasteiger partial charge in [-0.15, -0.1) is 0 Å². The van der Waals surface area contributed by atoms with Gasteiger partial charge in [0, 0.05) is 37.2 Å². The molecule has 1 atom stereocenters. The number of hydrogen-bond donors (Lipinski definition) is 3. The number of urea groups is 1. The van der Waals surface area contributed by atoms with E-state index in [0.717, 1.165) is 30.7 Å². The maximum absolute atomic E-state index is 12.8. The highest BCUT2D eigenvalue weighted by Gasteiger charge is 2.29. The number of imidazole rings is 1. The van der Waals surface area contributed by atoms with Crippen LogP contribution in [-0.2, 0) is 4.79 Å². The Morgan fingerprint density at radius 2 is 2.00 bits per heavy atom. The van der Waals surface area contributed by atoms with Crippen LogP contribution in [0.5, 0.6) is 0 Å². The molecule has 2 heterocycles. The SMILES string of the molecule is CC(=O)Nc1cccc(NC(=O)N2CCCCC2c2ncc[nH]2)c1C. The van der Waals surface area contributed by atoms with Crippen LogP contribution in [0.3, 0.4) is 0 Å². The maximum Gasteiger partial charge on any atom is 0.322 e. The summed E-state index contributed by atoms with van der Waals surface area (Å²) in [6, 6.07) is 5.28. The third kappa shape index (κ3) is 3.81. The number of nitrogens with zero attached hydrogens (tertiary/aromatic N) is 2. The number of carbonyl (C=O) groups excluding carboxylic acids is 2. The van der Waals surface area contributed by atoms with Crippen molar-refractivity contribution in [3.05, 3.63) is 42.0 Å². The fraction of sp³-hybridized carbons (Fsp3) is 0.389. The van der Waals surface area contributed by atoms with E-state index < -0.39 is 0 Å². The number of aromatic nitrogens is 2. The minimum absolute atomic E-state index is 0.0393. The number of nitrogens with one attached hydrogen (secondary N) is 3. The van der Waals surface area contributed by atoms with Gasteiger partial charge in [0.2, 0.25) is 5.91 Å². The Morgan fingerprint density at radius 1 is 1.24 bits per heavy atom. The molecular weight excluding hydrogens is 318 g/mol. The van der Waals surface area contributed by atoms with Crippen LogP contribution in [0.25, 0.3) is 0 Å². The zero-order valence-electron chi connectivity index (χ0n) is 14.5. The summed E-state index contributed by atoms with van der Waals surface area (Å²) >= 11 is 0. The van der Waals surface area contributed by atoms with Gasteiger partial charge in [0.05, 0.1) is 6.04 Å². The minimum atomic E-state index is -0.149. The minimum Gasteiger partial charge on any atom is -0.347 e. The highest BCUT2D eigenvalue weighted by Crippen LogP contribution is 2.30. The normalized spacial score (nSPS) is 17.2. The van der Waals surface area contributed by atoms with Gasteiger partial charge in [-0.05, 0) is 43.9 Å². The first kappa shape index (κ1) is 17.0. The average molecular weight is 341 g/mol. The van der Waals surface area contributed by atoms with Crippen molar-refractivity contribution < 1.29 is 9.59 Å². The Kier molecular flexibility index (Phi) is 5.02. The summed E-state index contributed by atoms with van der Waals surface area (Å²) < 4.78 is 0. The zero-order valence-corrected chi connectivity index (χ0v) is 14.5. The lowest BCUT2D eigenvalue weighted by Gasteiger charge is -2.34. The molecule has 1 unspecified atom stereocenters. The van der Waals surface area contributed by atoms with E-state index in [-0.39, 0.29) is 18.0 Å². The standard InChI is InChI=1S/C18H23N5O2/c1-12-14(21-13(2)24)6-5-7-15(12)22-18(25)23-11-4-3-8-16(23)17-19-9-10-20-17/h5-7,9-10,16H,3-4,8,11H2,1-2H3,(H,19,20)(H,21,24)(H,22,25). The molecule has 1 aliphatic heterocycles. The number of benzene rings is 1. The second-order valence-electron chi connectivity index (χ2n) is 6.27. The molecule has 1 aliphatic rings. The van der Waals surface area contributed by atoms with E-state index in [4.69, 9.17) is 0 Å². The van der Waals surface area contributed by atoms with Crippen molar-refractivity contribution in [2.45, 2.75) is 39.2 Å². The molecule has 7 heteroatoms. The lowest BCUT2D eigenvalue weighted by molar-refractivity contribution is -0.114. The average Bonchev–Trinajstić information content (AvgIpc) is 3.12. The Balaban J connectivity index is 1.78. The molecule has 3 rings (SSSR count). The molecule has 132 valence electrons. The van der Waals surface area contributed by atoms with E-state index in [0.29, 0.717) is 17.9 Å². The van der Waals surface area contributed by atoms with Crippen LogP contribution in [0.1, 0.15) is 43.6 Å². The first-order valence-electron chi connectivity index (χ1n) is 8.50. The van der Waals surface area contributed by atoms with E-state index in [1.54, 1.807) is 12.4 Å². The lowest BCUT2D eigenvalue weighted by Crippen LogP contribution is -2.41. The largest absolute Gasteiger partial charge is 0.347 e. The fourth-order valence-electron chi connectivity index (χ4n) is 3.20. The number of likely N-dealkylation sites (tertiary alicyclic amines) is 1. The molecular formula is C18H23N5O2. The molecule has 0 aliphatic carbocycles. The number of carbonyl (C=O) groups is 2. The molecule has 0 saturated carbocycles. The van der Waals surface area contributed by atoms with Gasteiger partial charge in [0.15, 0.2) is 0 Å². The second kappa shape index (κ2) is 7.38. The molecule has 1 saturated heterocycles. The second-order valence-corrected chi connectivity index (χ2v) is 6.27. The summed E-state index contributed by atoms with van der Waals surface area (Å²) in [6.07, 6.45) is 6.44. The van der Waals surface area contributed by atoms with Gasteiger partial charge in [0.1, 0.15) is 5.82 Å². The maximum atomic E-state index is 12.8. The van der Waals surface area contributed by atoms with Crippen LogP contribution in [0.4, 0.5) is 16.2 Å². The highest BCUT2D eigenvalue weighted by atomic mass is 16.2. The molecule has 7 nitrogen and oxygen atoms in total. The summed E-state index contributed by atoms with van der Waals surface area (Å²) in [6.45, 7) is 4.04. The molecule has 1 aromatic carbocycles. The van der Waals surface area contributed by atoms with Gasteiger partial charge in [0.25, 0.3) is 0 Å². The molecule has 3 N–H and O–H groups in total.